The molecule has 4 aliphatic heterocycles. The van der Waals surface area contributed by atoms with Crippen LogP contribution in [-0.2, 0) is 56.7 Å². The van der Waals surface area contributed by atoms with Crippen molar-refractivity contribution in [2.45, 2.75) is 51.4 Å². The summed E-state index contributed by atoms with van der Waals surface area (Å²) in [6.07, 6.45) is 6.01. The number of methoxy groups -OCH3 is 1. The highest BCUT2D eigenvalue weighted by Gasteiger charge is 2.35. The highest BCUT2D eigenvalue weighted by molar-refractivity contribution is 7.81. The van der Waals surface area contributed by atoms with E-state index in [1.54, 1.807) is 65.0 Å². The maximum absolute atomic E-state index is 13.8. The zero-order chi connectivity index (χ0) is 39.4. The van der Waals surface area contributed by atoms with Gasteiger partial charge in [-0.15, -0.1) is 0 Å². The Morgan fingerprint density at radius 3 is 2.39 bits per heavy atom. The van der Waals surface area contributed by atoms with Crippen molar-refractivity contribution in [2.75, 3.05) is 7.11 Å². The Labute approximate surface area is 327 Å². The van der Waals surface area contributed by atoms with Crippen LogP contribution in [0.3, 0.4) is 0 Å². The molecule has 5 heterocycles. The molecule has 0 fully saturated rings. The molecule has 2 atom stereocenters. The molecule has 5 aromatic rings. The molecule has 2 amide bonds. The fraction of sp³-hybridized carbons (Fsp3) is 0.244. The van der Waals surface area contributed by atoms with E-state index in [2.05, 4.69) is 20.2 Å². The number of benzene rings is 4. The Hall–Kier alpha value is -6.55. The van der Waals surface area contributed by atoms with E-state index in [9.17, 15) is 21.9 Å². The van der Waals surface area contributed by atoms with E-state index in [0.29, 0.717) is 65.2 Å². The molecular formula is C41H35FN6O8S. The third-order valence-corrected chi connectivity index (χ3v) is 11.0. The number of halogens is 1. The van der Waals surface area contributed by atoms with Gasteiger partial charge in [0.05, 0.1) is 43.0 Å². The summed E-state index contributed by atoms with van der Waals surface area (Å²) in [7, 11) is -1.97. The lowest BCUT2D eigenvalue weighted by molar-refractivity contribution is 0.0646. The summed E-state index contributed by atoms with van der Waals surface area (Å²) in [5.41, 5.74) is 6.86. The molecule has 290 valence electrons. The number of ether oxygens (including phenoxy) is 3. The quantitative estimate of drug-likeness (QED) is 0.178. The topological polar surface area (TPSA) is 154 Å². The summed E-state index contributed by atoms with van der Waals surface area (Å²) < 4.78 is 61.2. The molecule has 0 spiro atoms. The van der Waals surface area contributed by atoms with Gasteiger partial charge < -0.3 is 32.8 Å². The predicted molar refractivity (Wildman–Crippen MR) is 205 cm³/mol. The Morgan fingerprint density at radius 1 is 0.825 bits per heavy atom. The van der Waals surface area contributed by atoms with Gasteiger partial charge >= 0.3 is 10.5 Å². The summed E-state index contributed by atoms with van der Waals surface area (Å²) in [5, 5.41) is 0. The summed E-state index contributed by atoms with van der Waals surface area (Å²) in [6.45, 7) is 0.617. The molecule has 0 radical (unpaired) electrons. The van der Waals surface area contributed by atoms with Gasteiger partial charge in [-0.25, -0.2) is 4.98 Å². The lowest BCUT2D eigenvalue weighted by Crippen LogP contribution is -2.44. The van der Waals surface area contributed by atoms with Gasteiger partial charge in [-0.05, 0) is 71.1 Å². The largest absolute Gasteiger partial charge is 0.493 e. The number of rotatable bonds is 9. The summed E-state index contributed by atoms with van der Waals surface area (Å²) in [4.78, 5) is 44.7. The summed E-state index contributed by atoms with van der Waals surface area (Å²) in [6, 6.07) is 20.5. The van der Waals surface area contributed by atoms with E-state index < -0.39 is 10.5 Å². The second-order valence-corrected chi connectivity index (χ2v) is 15.2. The van der Waals surface area contributed by atoms with E-state index >= 15 is 0 Å². The van der Waals surface area contributed by atoms with Crippen molar-refractivity contribution in [1.29, 1.82) is 0 Å². The lowest BCUT2D eigenvalue weighted by Gasteiger charge is -2.34. The van der Waals surface area contributed by atoms with Gasteiger partial charge in [-0.1, -0.05) is 28.2 Å². The number of nitrogens with zero attached hydrogens (tertiary/aromatic N) is 6. The molecular weight excluding hydrogens is 756 g/mol. The molecule has 14 nitrogen and oxygen atoms in total. The van der Waals surface area contributed by atoms with Gasteiger partial charge in [0.2, 0.25) is 0 Å². The standard InChI is InChI=1S/C41H35FN6O8S/c1-46-23-45-35-20-48-39(16-36(35)46)44-17-28-13-30(7-8-32(28)40(48)49)54-21-24-9-25(11-31(10-24)56-57(42,51)52)22-55-38-15-34-33(14-37(38)53-2)41(50)47-19-27-6-4-3-5-26(27)12-29(47)18-43-34/h3-11,13-15,17-18,23,29,39H,12,16,19-22H2,1-2H3/t29-,39-/m0/s1. The Kier molecular flexibility index (Phi) is 8.99. The molecule has 0 aliphatic carbocycles. The highest BCUT2D eigenvalue weighted by atomic mass is 32.3. The van der Waals surface area contributed by atoms with Gasteiger partial charge in [-0.2, -0.15) is 8.42 Å². The molecule has 0 N–H and O–H groups in total. The van der Waals surface area contributed by atoms with Crippen LogP contribution in [0.1, 0.15) is 59.9 Å². The summed E-state index contributed by atoms with van der Waals surface area (Å²) >= 11 is 0. The number of aryl methyl sites for hydroxylation is 1. The van der Waals surface area contributed by atoms with Gasteiger partial charge in [0.25, 0.3) is 11.8 Å². The third kappa shape index (κ3) is 7.07. The predicted octanol–water partition coefficient (Wildman–Crippen LogP) is 5.42. The van der Waals surface area contributed by atoms with Crippen LogP contribution < -0.4 is 18.4 Å². The van der Waals surface area contributed by atoms with Crippen molar-refractivity contribution < 1.29 is 40.3 Å². The van der Waals surface area contributed by atoms with Crippen LogP contribution in [0.5, 0.6) is 23.0 Å². The summed E-state index contributed by atoms with van der Waals surface area (Å²) in [5.74, 6) is 0.364. The molecule has 57 heavy (non-hydrogen) atoms. The number of fused-ring (bicyclic) bond motifs is 6. The first-order valence-electron chi connectivity index (χ1n) is 18.1. The normalized spacial score (nSPS) is 17.9. The molecule has 9 rings (SSSR count). The van der Waals surface area contributed by atoms with Crippen LogP contribution in [0.4, 0.5) is 9.57 Å². The second-order valence-electron chi connectivity index (χ2n) is 14.2. The van der Waals surface area contributed by atoms with Crippen LogP contribution in [0.15, 0.2) is 89.1 Å². The van der Waals surface area contributed by atoms with Crippen molar-refractivity contribution in [2.24, 2.45) is 17.0 Å². The average molecular weight is 791 g/mol. The zero-order valence-corrected chi connectivity index (χ0v) is 31.6. The number of aromatic nitrogens is 2. The maximum Gasteiger partial charge on any atom is 0.488 e. The third-order valence-electron chi connectivity index (χ3n) is 10.6. The minimum absolute atomic E-state index is 0.0728. The van der Waals surface area contributed by atoms with E-state index in [0.717, 1.165) is 17.0 Å². The number of imidazole rings is 1. The Morgan fingerprint density at radius 2 is 1.60 bits per heavy atom. The zero-order valence-electron chi connectivity index (χ0n) is 30.8. The molecule has 0 unspecified atom stereocenters. The van der Waals surface area contributed by atoms with Crippen LogP contribution in [-0.4, -0.2) is 71.3 Å². The first-order chi connectivity index (χ1) is 27.5. The van der Waals surface area contributed by atoms with Crippen molar-refractivity contribution >= 4 is 40.4 Å². The average Bonchev–Trinajstić information content (AvgIpc) is 3.43. The maximum atomic E-state index is 13.8. The Bertz CT molecular complexity index is 2640. The monoisotopic (exact) mass is 790 g/mol. The molecule has 16 heteroatoms. The number of amides is 2. The van der Waals surface area contributed by atoms with Crippen LogP contribution in [0.25, 0.3) is 0 Å². The number of carbonyl (C=O) groups excluding carboxylic acids is 2. The molecule has 1 aromatic heterocycles. The van der Waals surface area contributed by atoms with Gasteiger partial charge in [0.1, 0.15) is 30.9 Å². The SMILES string of the molecule is COc1cc2c(cc1OCc1cc(COc3ccc4c(c3)C=N[C@@H]3Cc5c(ncn5C)CN3C4=O)cc(OS(=O)(=O)F)c1)N=C[C@@H]1Cc3ccccc3CN1C2=O. The van der Waals surface area contributed by atoms with Crippen molar-refractivity contribution in [3.8, 4) is 23.0 Å². The van der Waals surface area contributed by atoms with Crippen LogP contribution in [0.2, 0.25) is 0 Å². The number of aliphatic imine (C=N–C) groups is 2. The number of hydrogen-bond donors (Lipinski definition) is 0. The molecule has 4 aliphatic rings. The highest BCUT2D eigenvalue weighted by Crippen LogP contribution is 2.39. The second kappa shape index (κ2) is 14.2. The smallest absolute Gasteiger partial charge is 0.488 e. The fourth-order valence-electron chi connectivity index (χ4n) is 7.75. The molecule has 4 aromatic carbocycles. The minimum Gasteiger partial charge on any atom is -0.493 e. The van der Waals surface area contributed by atoms with Crippen LogP contribution in [0, 0.1) is 0 Å². The fourth-order valence-corrected chi connectivity index (χ4v) is 8.08. The number of carbonyl (C=O) groups is 2. The first kappa shape index (κ1) is 36.1. The van der Waals surface area contributed by atoms with Gasteiger partial charge in [0, 0.05) is 55.3 Å². The van der Waals surface area contributed by atoms with Crippen LogP contribution >= 0.6 is 0 Å². The Balaban J connectivity index is 0.933. The number of hydrogen-bond acceptors (Lipinski definition) is 11. The van der Waals surface area contributed by atoms with Crippen molar-refractivity contribution in [3.05, 3.63) is 129 Å². The lowest BCUT2D eigenvalue weighted by atomic mass is 9.94. The van der Waals surface area contributed by atoms with Gasteiger partial charge in [-0.3, -0.25) is 19.6 Å². The van der Waals surface area contributed by atoms with Gasteiger partial charge in [0.15, 0.2) is 11.5 Å². The first-order valence-corrected chi connectivity index (χ1v) is 19.4. The molecule has 0 bridgehead atoms. The van der Waals surface area contributed by atoms with E-state index in [1.807, 2.05) is 29.8 Å². The molecule has 0 saturated carbocycles. The minimum atomic E-state index is -5.35. The van der Waals surface area contributed by atoms with E-state index in [4.69, 9.17) is 19.2 Å². The molecule has 0 saturated heterocycles. The van der Waals surface area contributed by atoms with E-state index in [-0.39, 0.29) is 54.5 Å². The van der Waals surface area contributed by atoms with E-state index in [1.165, 1.54) is 24.8 Å². The van der Waals surface area contributed by atoms with Crippen molar-refractivity contribution in [1.82, 2.24) is 19.4 Å². The van der Waals surface area contributed by atoms with Crippen molar-refractivity contribution in [3.63, 3.8) is 0 Å².